The fraction of sp³-hybridized carbons (Fsp3) is 0.625. The van der Waals surface area contributed by atoms with Crippen LogP contribution in [-0.4, -0.2) is 17.3 Å². The van der Waals surface area contributed by atoms with E-state index in [1.165, 1.54) is 22.9 Å². The van der Waals surface area contributed by atoms with Gasteiger partial charge in [0, 0.05) is 17.3 Å². The van der Waals surface area contributed by atoms with Gasteiger partial charge in [-0.05, 0) is 19.4 Å². The third-order valence-corrected chi connectivity index (χ3v) is 3.54. The number of thioether (sulfide) groups is 1. The summed E-state index contributed by atoms with van der Waals surface area (Å²) in [5.41, 5.74) is 5.39. The molecule has 68 valence electrons. The molecule has 0 aromatic carbocycles. The Kier molecular flexibility index (Phi) is 5.39. The maximum absolute atomic E-state index is 5.39. The zero-order valence-electron chi connectivity index (χ0n) is 7.03. The first-order valence-corrected chi connectivity index (χ1v) is 6.02. The molecule has 1 heterocycles. The molecule has 1 aromatic heterocycles. The lowest BCUT2D eigenvalue weighted by Crippen LogP contribution is -1.97. The Morgan fingerprint density at radius 3 is 3.00 bits per heavy atom. The lowest BCUT2D eigenvalue weighted by Gasteiger charge is -1.96. The number of rotatable bonds is 6. The van der Waals surface area contributed by atoms with Crippen LogP contribution in [0.5, 0.6) is 0 Å². The summed E-state index contributed by atoms with van der Waals surface area (Å²) in [5.74, 6) is 1.17. The molecule has 0 fully saturated rings. The minimum Gasteiger partial charge on any atom is -0.330 e. The maximum Gasteiger partial charge on any atom is 0.149 e. The first kappa shape index (κ1) is 10.0. The Morgan fingerprint density at radius 1 is 1.42 bits per heavy atom. The van der Waals surface area contributed by atoms with Crippen LogP contribution < -0.4 is 5.73 Å². The highest BCUT2D eigenvalue weighted by atomic mass is 32.2. The molecule has 1 aromatic rings. The summed E-state index contributed by atoms with van der Waals surface area (Å²) in [6.07, 6.45) is 5.50. The summed E-state index contributed by atoms with van der Waals surface area (Å²) in [4.78, 5) is 4.19. The molecule has 0 radical (unpaired) electrons. The Bertz CT molecular complexity index is 187. The van der Waals surface area contributed by atoms with E-state index < -0.39 is 0 Å². The molecule has 0 amide bonds. The topological polar surface area (TPSA) is 38.9 Å². The average molecular weight is 202 g/mol. The van der Waals surface area contributed by atoms with E-state index >= 15 is 0 Å². The predicted molar refractivity (Wildman–Crippen MR) is 55.7 cm³/mol. The Morgan fingerprint density at radius 2 is 2.33 bits per heavy atom. The fourth-order valence-corrected chi connectivity index (χ4v) is 2.57. The van der Waals surface area contributed by atoms with Crippen molar-refractivity contribution in [1.82, 2.24) is 4.98 Å². The van der Waals surface area contributed by atoms with Crippen LogP contribution in [0.1, 0.15) is 19.3 Å². The molecule has 12 heavy (non-hydrogen) atoms. The van der Waals surface area contributed by atoms with E-state index in [9.17, 15) is 0 Å². The molecule has 1 rings (SSSR count). The van der Waals surface area contributed by atoms with Gasteiger partial charge in [0.1, 0.15) is 4.34 Å². The van der Waals surface area contributed by atoms with Crippen molar-refractivity contribution >= 4 is 23.1 Å². The predicted octanol–water partition coefficient (Wildman–Crippen LogP) is 2.36. The van der Waals surface area contributed by atoms with Gasteiger partial charge in [-0.25, -0.2) is 4.98 Å². The minimum atomic E-state index is 0.821. The number of aromatic nitrogens is 1. The molecule has 0 aliphatic carbocycles. The summed E-state index contributed by atoms with van der Waals surface area (Å²) >= 11 is 3.56. The van der Waals surface area contributed by atoms with E-state index in [1.54, 1.807) is 11.3 Å². The van der Waals surface area contributed by atoms with E-state index in [-0.39, 0.29) is 0 Å². The Hall–Kier alpha value is -0.0600. The number of nitrogens with two attached hydrogens (primary N) is 1. The van der Waals surface area contributed by atoms with Gasteiger partial charge in [0.25, 0.3) is 0 Å². The normalized spacial score (nSPS) is 10.4. The highest BCUT2D eigenvalue weighted by molar-refractivity contribution is 8.00. The highest BCUT2D eigenvalue weighted by Crippen LogP contribution is 2.21. The van der Waals surface area contributed by atoms with Gasteiger partial charge in [-0.3, -0.25) is 0 Å². The van der Waals surface area contributed by atoms with Crippen molar-refractivity contribution < 1.29 is 0 Å². The summed E-state index contributed by atoms with van der Waals surface area (Å²) in [7, 11) is 0. The Balaban J connectivity index is 1.96. The molecule has 2 N–H and O–H groups in total. The van der Waals surface area contributed by atoms with Gasteiger partial charge in [-0.1, -0.05) is 18.2 Å². The van der Waals surface area contributed by atoms with E-state index in [4.69, 9.17) is 5.73 Å². The van der Waals surface area contributed by atoms with Crippen molar-refractivity contribution in [3.8, 4) is 0 Å². The molecule has 0 bridgehead atoms. The van der Waals surface area contributed by atoms with Gasteiger partial charge in [-0.2, -0.15) is 0 Å². The van der Waals surface area contributed by atoms with Crippen LogP contribution in [0.2, 0.25) is 0 Å². The largest absolute Gasteiger partial charge is 0.330 e. The van der Waals surface area contributed by atoms with Crippen LogP contribution in [0.15, 0.2) is 15.9 Å². The van der Waals surface area contributed by atoms with Gasteiger partial charge < -0.3 is 5.73 Å². The number of hydrogen-bond donors (Lipinski definition) is 1. The highest BCUT2D eigenvalue weighted by Gasteiger charge is 1.94. The average Bonchev–Trinajstić information content (AvgIpc) is 2.57. The molecule has 2 nitrogen and oxygen atoms in total. The first-order valence-electron chi connectivity index (χ1n) is 4.16. The van der Waals surface area contributed by atoms with Crippen LogP contribution in [0, 0.1) is 0 Å². The van der Waals surface area contributed by atoms with Crippen molar-refractivity contribution in [2.45, 2.75) is 23.6 Å². The van der Waals surface area contributed by atoms with Crippen molar-refractivity contribution in [2.75, 3.05) is 12.3 Å². The lowest BCUT2D eigenvalue weighted by molar-refractivity contribution is 0.732. The molecule has 4 heteroatoms. The van der Waals surface area contributed by atoms with Gasteiger partial charge in [0.2, 0.25) is 0 Å². The summed E-state index contributed by atoms with van der Waals surface area (Å²) in [6.45, 7) is 0.821. The first-order chi connectivity index (χ1) is 5.93. The van der Waals surface area contributed by atoms with Crippen LogP contribution in [0.25, 0.3) is 0 Å². The fourth-order valence-electron chi connectivity index (χ4n) is 0.864. The molecule has 0 atom stereocenters. The maximum atomic E-state index is 5.39. The second-order valence-electron chi connectivity index (χ2n) is 2.50. The van der Waals surface area contributed by atoms with Gasteiger partial charge in [0.05, 0.1) is 0 Å². The smallest absolute Gasteiger partial charge is 0.149 e. The molecule has 0 spiro atoms. The van der Waals surface area contributed by atoms with Crippen LogP contribution >= 0.6 is 23.1 Å². The molecule has 0 aliphatic rings. The minimum absolute atomic E-state index is 0.821. The standard InChI is InChI=1S/C8H14N2S2/c9-4-2-1-3-6-11-8-10-5-7-12-8/h5,7H,1-4,6,9H2. The second-order valence-corrected chi connectivity index (χ2v) is 4.73. The quantitative estimate of drug-likeness (QED) is 0.568. The zero-order valence-corrected chi connectivity index (χ0v) is 8.66. The van der Waals surface area contributed by atoms with Crippen LogP contribution in [-0.2, 0) is 0 Å². The van der Waals surface area contributed by atoms with E-state index in [2.05, 4.69) is 4.98 Å². The van der Waals surface area contributed by atoms with Crippen molar-refractivity contribution in [2.24, 2.45) is 5.73 Å². The SMILES string of the molecule is NCCCCCSc1nccs1. The monoisotopic (exact) mass is 202 g/mol. The molecular formula is C8H14N2S2. The van der Waals surface area contributed by atoms with Gasteiger partial charge in [-0.15, -0.1) is 11.3 Å². The van der Waals surface area contributed by atoms with E-state index in [1.807, 2.05) is 23.3 Å². The molecule has 0 saturated carbocycles. The lowest BCUT2D eigenvalue weighted by atomic mass is 10.2. The van der Waals surface area contributed by atoms with Crippen LogP contribution in [0.4, 0.5) is 0 Å². The van der Waals surface area contributed by atoms with Gasteiger partial charge in [0.15, 0.2) is 0 Å². The number of hydrogen-bond acceptors (Lipinski definition) is 4. The van der Waals surface area contributed by atoms with Crippen molar-refractivity contribution in [1.29, 1.82) is 0 Å². The summed E-state index contributed by atoms with van der Waals surface area (Å²) in [6, 6.07) is 0. The molecule has 0 saturated heterocycles. The third kappa shape index (κ3) is 4.09. The summed E-state index contributed by atoms with van der Waals surface area (Å²) < 4.78 is 1.18. The number of thiazole rings is 1. The van der Waals surface area contributed by atoms with E-state index in [0.717, 1.165) is 13.0 Å². The van der Waals surface area contributed by atoms with Crippen molar-refractivity contribution in [3.63, 3.8) is 0 Å². The Labute approximate surface area is 81.6 Å². The zero-order chi connectivity index (χ0) is 8.65. The summed E-state index contributed by atoms with van der Waals surface area (Å²) in [5, 5.41) is 2.02. The van der Waals surface area contributed by atoms with Crippen LogP contribution in [0.3, 0.4) is 0 Å². The van der Waals surface area contributed by atoms with E-state index in [0.29, 0.717) is 0 Å². The number of nitrogens with zero attached hydrogens (tertiary/aromatic N) is 1. The molecule has 0 unspecified atom stereocenters. The van der Waals surface area contributed by atoms with Crippen molar-refractivity contribution in [3.05, 3.63) is 11.6 Å². The number of unbranched alkanes of at least 4 members (excludes halogenated alkanes) is 2. The molecular weight excluding hydrogens is 188 g/mol. The van der Waals surface area contributed by atoms with Gasteiger partial charge >= 0.3 is 0 Å². The third-order valence-electron chi connectivity index (χ3n) is 1.48. The molecule has 0 aliphatic heterocycles. The second kappa shape index (κ2) is 6.46.